The second kappa shape index (κ2) is 4.76. The van der Waals surface area contributed by atoms with E-state index in [0.717, 1.165) is 19.4 Å². The Balaban J connectivity index is 2.41. The molecular weight excluding hydrogens is 218 g/mol. The lowest BCUT2D eigenvalue weighted by atomic mass is 10.1. The van der Waals surface area contributed by atoms with E-state index >= 15 is 0 Å². The molecule has 16 heavy (non-hydrogen) atoms. The summed E-state index contributed by atoms with van der Waals surface area (Å²) < 4.78 is 6.15. The van der Waals surface area contributed by atoms with E-state index in [9.17, 15) is 5.11 Å². The maximum atomic E-state index is 9.59. The number of hydrogen-bond acceptors (Lipinski definition) is 3. The normalized spacial score (nSPS) is 32.1. The lowest BCUT2D eigenvalue weighted by Crippen LogP contribution is -2.41. The molecule has 0 aromatic rings. The number of nitrogens with two attached hydrogens (primary N) is 1. The maximum Gasteiger partial charge on any atom is 0.191 e. The summed E-state index contributed by atoms with van der Waals surface area (Å²) >= 11 is 0. The van der Waals surface area contributed by atoms with E-state index in [-0.39, 0.29) is 17.2 Å². The molecule has 0 aromatic carbocycles. The molecule has 0 unspecified atom stereocenters. The fraction of sp³-hybridized carbons (Fsp3) is 1.00. The van der Waals surface area contributed by atoms with E-state index in [1.54, 1.807) is 0 Å². The van der Waals surface area contributed by atoms with Crippen LogP contribution in [0.1, 0.15) is 33.6 Å². The van der Waals surface area contributed by atoms with Crippen molar-refractivity contribution in [2.24, 2.45) is 11.7 Å². The van der Waals surface area contributed by atoms with Gasteiger partial charge in [0.1, 0.15) is 0 Å². The van der Waals surface area contributed by atoms with Gasteiger partial charge in [0.05, 0.1) is 6.10 Å². The highest BCUT2D eigenvalue weighted by Gasteiger charge is 2.39. The maximum absolute atomic E-state index is 9.59. The van der Waals surface area contributed by atoms with Crippen molar-refractivity contribution < 1.29 is 9.53 Å². The Bertz CT molecular complexity index is 228. The van der Waals surface area contributed by atoms with Crippen LogP contribution in [0.5, 0.6) is 0 Å². The van der Waals surface area contributed by atoms with Crippen LogP contribution in [0.15, 0.2) is 0 Å². The summed E-state index contributed by atoms with van der Waals surface area (Å²) in [4.78, 5) is 0. The van der Waals surface area contributed by atoms with Crippen molar-refractivity contribution in [2.75, 3.05) is 6.61 Å². The molecule has 1 aliphatic carbocycles. The van der Waals surface area contributed by atoms with Crippen LogP contribution >= 0.6 is 0 Å². The molecular formula is C12H27NO2Si. The third kappa shape index (κ3) is 3.29. The van der Waals surface area contributed by atoms with Crippen molar-refractivity contribution in [1.82, 2.24) is 0 Å². The van der Waals surface area contributed by atoms with Crippen molar-refractivity contribution in [3.8, 4) is 0 Å². The van der Waals surface area contributed by atoms with Crippen LogP contribution in [0.2, 0.25) is 18.1 Å². The number of hydrogen-bond donors (Lipinski definition) is 2. The smallest absolute Gasteiger partial charge is 0.191 e. The second-order valence-electron chi connectivity index (χ2n) is 6.64. The predicted molar refractivity (Wildman–Crippen MR) is 69.9 cm³/mol. The molecule has 96 valence electrons. The van der Waals surface area contributed by atoms with Crippen LogP contribution in [0, 0.1) is 5.92 Å². The Hall–Kier alpha value is 0.0969. The number of aliphatic hydroxyl groups is 1. The van der Waals surface area contributed by atoms with Crippen molar-refractivity contribution in [2.45, 2.75) is 63.9 Å². The first-order valence-electron chi connectivity index (χ1n) is 6.21. The Labute approximate surface area is 100 Å². The molecule has 1 fully saturated rings. The Morgan fingerprint density at radius 1 is 1.31 bits per heavy atom. The average Bonchev–Trinajstić information content (AvgIpc) is 2.41. The van der Waals surface area contributed by atoms with Crippen molar-refractivity contribution >= 4 is 8.32 Å². The summed E-state index contributed by atoms with van der Waals surface area (Å²) in [5, 5.41) is 9.84. The minimum Gasteiger partial charge on any atom is -0.417 e. The molecule has 0 spiro atoms. The zero-order valence-corrected chi connectivity index (χ0v) is 12.3. The van der Waals surface area contributed by atoms with Crippen LogP contribution < -0.4 is 5.73 Å². The largest absolute Gasteiger partial charge is 0.417 e. The fourth-order valence-corrected chi connectivity index (χ4v) is 2.92. The van der Waals surface area contributed by atoms with Crippen LogP contribution in [-0.2, 0) is 4.43 Å². The Morgan fingerprint density at radius 3 is 2.25 bits per heavy atom. The molecule has 0 saturated heterocycles. The van der Waals surface area contributed by atoms with Gasteiger partial charge in [-0.05, 0) is 36.9 Å². The standard InChI is InChI=1S/C12H27NO2Si/c1-12(2,3)16(4,5)15-8-9-6-10(13)11(14)7-9/h9-11,14H,6-8,13H2,1-5H3/t9-,10-,11+/m1/s1. The molecule has 0 aromatic heterocycles. The van der Waals surface area contributed by atoms with Crippen LogP contribution in [0.3, 0.4) is 0 Å². The van der Waals surface area contributed by atoms with Crippen molar-refractivity contribution in [3.63, 3.8) is 0 Å². The summed E-state index contributed by atoms with van der Waals surface area (Å²) in [5.74, 6) is 0.444. The lowest BCUT2D eigenvalue weighted by molar-refractivity contribution is 0.153. The molecule has 0 aliphatic heterocycles. The van der Waals surface area contributed by atoms with E-state index in [2.05, 4.69) is 33.9 Å². The highest BCUT2D eigenvalue weighted by molar-refractivity contribution is 6.74. The molecule has 4 heteroatoms. The molecule has 3 N–H and O–H groups in total. The predicted octanol–water partition coefficient (Wildman–Crippen LogP) is 2.11. The summed E-state index contributed by atoms with van der Waals surface area (Å²) in [7, 11) is -1.64. The van der Waals surface area contributed by atoms with Crippen LogP contribution in [-0.4, -0.2) is 32.2 Å². The van der Waals surface area contributed by atoms with Gasteiger partial charge in [0, 0.05) is 12.6 Å². The zero-order valence-electron chi connectivity index (χ0n) is 11.3. The zero-order chi connectivity index (χ0) is 12.6. The first-order valence-corrected chi connectivity index (χ1v) is 9.12. The van der Waals surface area contributed by atoms with E-state index in [4.69, 9.17) is 10.2 Å². The Kier molecular flexibility index (Phi) is 4.22. The quantitative estimate of drug-likeness (QED) is 0.749. The van der Waals surface area contributed by atoms with Gasteiger partial charge in [-0.3, -0.25) is 0 Å². The van der Waals surface area contributed by atoms with Crippen LogP contribution in [0.25, 0.3) is 0 Å². The molecule has 0 amide bonds. The van der Waals surface area contributed by atoms with Crippen molar-refractivity contribution in [1.29, 1.82) is 0 Å². The van der Waals surface area contributed by atoms with Crippen LogP contribution in [0.4, 0.5) is 0 Å². The highest BCUT2D eigenvalue weighted by Crippen LogP contribution is 2.37. The molecule has 1 aliphatic rings. The third-order valence-corrected chi connectivity index (χ3v) is 8.66. The third-order valence-electron chi connectivity index (χ3n) is 4.16. The molecule has 0 radical (unpaired) electrons. The van der Waals surface area contributed by atoms with Gasteiger partial charge in [0.2, 0.25) is 0 Å². The van der Waals surface area contributed by atoms with Gasteiger partial charge in [0.25, 0.3) is 0 Å². The monoisotopic (exact) mass is 245 g/mol. The molecule has 1 saturated carbocycles. The minimum atomic E-state index is -1.64. The lowest BCUT2D eigenvalue weighted by Gasteiger charge is -2.37. The van der Waals surface area contributed by atoms with E-state index in [1.807, 2.05) is 0 Å². The van der Waals surface area contributed by atoms with Gasteiger partial charge in [-0.2, -0.15) is 0 Å². The summed E-state index contributed by atoms with van der Waals surface area (Å²) in [6, 6.07) is -0.0481. The summed E-state index contributed by atoms with van der Waals surface area (Å²) in [5.41, 5.74) is 5.80. The topological polar surface area (TPSA) is 55.5 Å². The number of aliphatic hydroxyl groups excluding tert-OH is 1. The van der Waals surface area contributed by atoms with Crippen molar-refractivity contribution in [3.05, 3.63) is 0 Å². The first kappa shape index (κ1) is 14.2. The molecule has 0 bridgehead atoms. The van der Waals surface area contributed by atoms with E-state index in [1.165, 1.54) is 0 Å². The molecule has 3 nitrogen and oxygen atoms in total. The highest BCUT2D eigenvalue weighted by atomic mass is 28.4. The Morgan fingerprint density at radius 2 is 1.88 bits per heavy atom. The fourth-order valence-electron chi connectivity index (χ4n) is 1.83. The molecule has 3 atom stereocenters. The summed E-state index contributed by atoms with van der Waals surface area (Å²) in [6.07, 6.45) is 1.37. The summed E-state index contributed by atoms with van der Waals surface area (Å²) in [6.45, 7) is 12.0. The van der Waals surface area contributed by atoms with E-state index in [0.29, 0.717) is 5.92 Å². The van der Waals surface area contributed by atoms with Gasteiger partial charge >= 0.3 is 0 Å². The van der Waals surface area contributed by atoms with Gasteiger partial charge < -0.3 is 15.3 Å². The van der Waals surface area contributed by atoms with Gasteiger partial charge in [0.15, 0.2) is 8.32 Å². The van der Waals surface area contributed by atoms with E-state index < -0.39 is 8.32 Å². The minimum absolute atomic E-state index is 0.0481. The van der Waals surface area contributed by atoms with Gasteiger partial charge in [-0.1, -0.05) is 20.8 Å². The second-order valence-corrected chi connectivity index (χ2v) is 11.4. The number of rotatable bonds is 3. The first-order chi connectivity index (χ1) is 7.13. The average molecular weight is 245 g/mol. The van der Waals surface area contributed by atoms with Gasteiger partial charge in [-0.15, -0.1) is 0 Å². The van der Waals surface area contributed by atoms with Gasteiger partial charge in [-0.25, -0.2) is 0 Å². The molecule has 1 rings (SSSR count). The SMILES string of the molecule is CC(C)(C)[Si](C)(C)OC[C@@H]1C[C@@H](N)[C@@H](O)C1. The molecule has 0 heterocycles.